The molecule has 5 rings (SSSR count). The van der Waals surface area contributed by atoms with E-state index >= 15 is 0 Å². The van der Waals surface area contributed by atoms with Crippen molar-refractivity contribution in [3.63, 3.8) is 0 Å². The van der Waals surface area contributed by atoms with Gasteiger partial charge in [-0.25, -0.2) is 0 Å². The van der Waals surface area contributed by atoms with Gasteiger partial charge < -0.3 is 5.11 Å². The van der Waals surface area contributed by atoms with Crippen molar-refractivity contribution in [2.75, 3.05) is 0 Å². The highest BCUT2D eigenvalue weighted by Gasteiger charge is 2.60. The fourth-order valence-corrected chi connectivity index (χ4v) is 7.44. The average molecular weight is 314 g/mol. The van der Waals surface area contributed by atoms with Crippen LogP contribution in [0.25, 0.3) is 0 Å². The Kier molecular flexibility index (Phi) is 2.92. The summed E-state index contributed by atoms with van der Waals surface area (Å²) in [7, 11) is 0. The number of nitrogens with one attached hydrogen (secondary N) is 1. The zero-order chi connectivity index (χ0) is 15.8. The van der Waals surface area contributed by atoms with Gasteiger partial charge in [0.2, 0.25) is 0 Å². The van der Waals surface area contributed by atoms with Crippen LogP contribution < -0.4 is 0 Å². The molecule has 0 aromatic carbocycles. The first-order chi connectivity index (χ1) is 11.0. The van der Waals surface area contributed by atoms with Crippen LogP contribution in [0, 0.1) is 34.5 Å². The summed E-state index contributed by atoms with van der Waals surface area (Å²) in [6, 6.07) is 0. The van der Waals surface area contributed by atoms with E-state index < -0.39 is 0 Å². The topological polar surface area (TPSA) is 48.9 Å². The number of rotatable bonds is 0. The van der Waals surface area contributed by atoms with Gasteiger partial charge in [-0.1, -0.05) is 13.8 Å². The molecule has 2 N–H and O–H groups in total. The Morgan fingerprint density at radius 3 is 2.78 bits per heavy atom. The molecular weight excluding hydrogens is 284 g/mol. The fraction of sp³-hybridized carbons (Fsp3) is 0.850. The van der Waals surface area contributed by atoms with Gasteiger partial charge in [0.05, 0.1) is 12.3 Å². The Hall–Kier alpha value is -0.830. The normalized spacial score (nSPS) is 51.5. The van der Waals surface area contributed by atoms with E-state index in [2.05, 4.69) is 30.2 Å². The van der Waals surface area contributed by atoms with Crippen LogP contribution in [0.2, 0.25) is 0 Å². The molecule has 0 aliphatic heterocycles. The van der Waals surface area contributed by atoms with E-state index in [1.165, 1.54) is 56.2 Å². The third-order valence-corrected chi connectivity index (χ3v) is 8.84. The van der Waals surface area contributed by atoms with Crippen LogP contribution in [-0.4, -0.2) is 21.4 Å². The van der Waals surface area contributed by atoms with Crippen molar-refractivity contribution in [1.29, 1.82) is 0 Å². The molecule has 3 heteroatoms. The Bertz CT molecular complexity index is 625. The van der Waals surface area contributed by atoms with Gasteiger partial charge >= 0.3 is 0 Å². The van der Waals surface area contributed by atoms with Gasteiger partial charge in [-0.3, -0.25) is 5.10 Å². The Labute approximate surface area is 139 Å². The Morgan fingerprint density at radius 1 is 1.09 bits per heavy atom. The molecular formula is C20H30N2O. The van der Waals surface area contributed by atoms with Crippen molar-refractivity contribution in [3.8, 4) is 0 Å². The maximum atomic E-state index is 10.6. The summed E-state index contributed by atoms with van der Waals surface area (Å²) in [5.41, 5.74) is 3.54. The second-order valence-electron chi connectivity index (χ2n) is 9.55. The number of aromatic amines is 1. The largest absolute Gasteiger partial charge is 0.393 e. The van der Waals surface area contributed by atoms with Crippen molar-refractivity contribution in [3.05, 3.63) is 17.5 Å². The highest BCUT2D eigenvalue weighted by Crippen LogP contribution is 2.65. The molecule has 0 spiro atoms. The minimum Gasteiger partial charge on any atom is -0.393 e. The van der Waals surface area contributed by atoms with Crippen LogP contribution in [0.1, 0.15) is 63.6 Å². The average Bonchev–Trinajstić information content (AvgIpc) is 3.08. The standard InChI is InChI=1S/C20H30N2O/c1-19-8-7-16-14(15(19)5-6-18(19)23)4-3-13-9-17-12(11-21-22-17)10-20(13,16)2/h11,13-16,18,23H,3-10H2,1-2H3,(H,21,22)/t13-,14?,15?,16?,18-,19-,20-/m0/s1. The Balaban J connectivity index is 1.50. The summed E-state index contributed by atoms with van der Waals surface area (Å²) in [5.74, 6) is 3.29. The van der Waals surface area contributed by atoms with Crippen LogP contribution in [0.5, 0.6) is 0 Å². The van der Waals surface area contributed by atoms with Crippen LogP contribution in [0.15, 0.2) is 6.20 Å². The van der Waals surface area contributed by atoms with Crippen LogP contribution in [-0.2, 0) is 12.8 Å². The summed E-state index contributed by atoms with van der Waals surface area (Å²) in [5, 5.41) is 18.1. The van der Waals surface area contributed by atoms with Gasteiger partial charge in [0.25, 0.3) is 0 Å². The molecule has 4 aliphatic rings. The van der Waals surface area contributed by atoms with Gasteiger partial charge in [-0.15, -0.1) is 0 Å². The van der Waals surface area contributed by atoms with Gasteiger partial charge in [-0.2, -0.15) is 5.10 Å². The lowest BCUT2D eigenvalue weighted by Crippen LogP contribution is -2.54. The minimum atomic E-state index is -0.0502. The lowest BCUT2D eigenvalue weighted by molar-refractivity contribution is -0.111. The number of nitrogens with zero attached hydrogens (tertiary/aromatic N) is 1. The molecule has 4 aliphatic carbocycles. The predicted octanol–water partition coefficient (Wildman–Crippen LogP) is 3.73. The first kappa shape index (κ1) is 14.5. The molecule has 1 aromatic rings. The van der Waals surface area contributed by atoms with E-state index in [1.807, 2.05) is 0 Å². The highest BCUT2D eigenvalue weighted by atomic mass is 16.3. The third-order valence-electron chi connectivity index (χ3n) is 8.84. The van der Waals surface area contributed by atoms with Crippen molar-refractivity contribution in [2.45, 2.75) is 71.3 Å². The molecule has 0 bridgehead atoms. The minimum absolute atomic E-state index is 0.0502. The summed E-state index contributed by atoms with van der Waals surface area (Å²) >= 11 is 0. The number of aromatic nitrogens is 2. The van der Waals surface area contributed by atoms with E-state index in [-0.39, 0.29) is 11.5 Å². The molecule has 3 fully saturated rings. The van der Waals surface area contributed by atoms with E-state index in [9.17, 15) is 5.11 Å². The van der Waals surface area contributed by atoms with E-state index in [0.717, 1.165) is 30.1 Å². The van der Waals surface area contributed by atoms with E-state index in [1.54, 1.807) is 0 Å². The quantitative estimate of drug-likeness (QED) is 0.766. The molecule has 23 heavy (non-hydrogen) atoms. The van der Waals surface area contributed by atoms with Crippen LogP contribution in [0.4, 0.5) is 0 Å². The molecule has 1 heterocycles. The summed E-state index contributed by atoms with van der Waals surface area (Å²) in [4.78, 5) is 0. The maximum absolute atomic E-state index is 10.6. The number of hydrogen-bond acceptors (Lipinski definition) is 2. The van der Waals surface area contributed by atoms with Gasteiger partial charge in [0.15, 0.2) is 0 Å². The molecule has 126 valence electrons. The summed E-state index contributed by atoms with van der Waals surface area (Å²) in [6.45, 7) is 4.97. The second-order valence-corrected chi connectivity index (χ2v) is 9.55. The van der Waals surface area contributed by atoms with Crippen molar-refractivity contribution < 1.29 is 5.11 Å². The number of H-pyrrole nitrogens is 1. The molecule has 1 aromatic heterocycles. The van der Waals surface area contributed by atoms with Crippen LogP contribution in [0.3, 0.4) is 0 Å². The van der Waals surface area contributed by atoms with Crippen molar-refractivity contribution >= 4 is 0 Å². The van der Waals surface area contributed by atoms with Gasteiger partial charge in [0, 0.05) is 5.69 Å². The first-order valence-corrected chi connectivity index (χ1v) is 9.71. The van der Waals surface area contributed by atoms with Crippen molar-refractivity contribution in [2.24, 2.45) is 34.5 Å². The van der Waals surface area contributed by atoms with Crippen molar-refractivity contribution in [1.82, 2.24) is 10.2 Å². The monoisotopic (exact) mass is 314 g/mol. The highest BCUT2D eigenvalue weighted by molar-refractivity contribution is 5.25. The molecule has 0 radical (unpaired) electrons. The molecule has 0 saturated heterocycles. The lowest BCUT2D eigenvalue weighted by atomic mass is 9.45. The fourth-order valence-electron chi connectivity index (χ4n) is 7.44. The first-order valence-electron chi connectivity index (χ1n) is 9.71. The third kappa shape index (κ3) is 1.78. The summed E-state index contributed by atoms with van der Waals surface area (Å²) < 4.78 is 0. The van der Waals surface area contributed by atoms with E-state index in [0.29, 0.717) is 5.41 Å². The Morgan fingerprint density at radius 2 is 1.91 bits per heavy atom. The maximum Gasteiger partial charge on any atom is 0.0596 e. The number of hydrogen-bond donors (Lipinski definition) is 2. The summed E-state index contributed by atoms with van der Waals surface area (Å²) in [6.07, 6.45) is 12.1. The smallest absolute Gasteiger partial charge is 0.0596 e. The molecule has 0 amide bonds. The zero-order valence-corrected chi connectivity index (χ0v) is 14.5. The van der Waals surface area contributed by atoms with Crippen LogP contribution >= 0.6 is 0 Å². The van der Waals surface area contributed by atoms with E-state index in [4.69, 9.17) is 0 Å². The number of fused-ring (bicyclic) bond motifs is 6. The zero-order valence-electron chi connectivity index (χ0n) is 14.5. The lowest BCUT2D eigenvalue weighted by Gasteiger charge is -2.60. The SMILES string of the molecule is C[C@]12CCC3C(CC[C@H]4Cc5[nH]ncc5C[C@]34C)C1CC[C@@H]2O. The number of aliphatic hydroxyl groups excluding tert-OH is 1. The predicted molar refractivity (Wildman–Crippen MR) is 89.9 cm³/mol. The van der Waals surface area contributed by atoms with Gasteiger partial charge in [-0.05, 0) is 91.4 Å². The van der Waals surface area contributed by atoms with Gasteiger partial charge in [0.1, 0.15) is 0 Å². The molecule has 3 nitrogen and oxygen atoms in total. The number of aliphatic hydroxyl groups is 1. The molecule has 3 unspecified atom stereocenters. The second kappa shape index (κ2) is 4.62. The molecule has 7 atom stereocenters. The molecule has 3 saturated carbocycles.